The first-order valence-corrected chi connectivity index (χ1v) is 7.68. The van der Waals surface area contributed by atoms with Crippen molar-refractivity contribution in [1.29, 1.82) is 0 Å². The molecule has 0 radical (unpaired) electrons. The Labute approximate surface area is 123 Å². The number of halogens is 1. The van der Waals surface area contributed by atoms with Crippen molar-refractivity contribution in [3.8, 4) is 0 Å². The Morgan fingerprint density at radius 3 is 2.75 bits per heavy atom. The van der Waals surface area contributed by atoms with E-state index >= 15 is 0 Å². The summed E-state index contributed by atoms with van der Waals surface area (Å²) in [6.07, 6.45) is 4.15. The summed E-state index contributed by atoms with van der Waals surface area (Å²) in [5.41, 5.74) is 2.82. The van der Waals surface area contributed by atoms with Crippen LogP contribution in [-0.4, -0.2) is 28.0 Å². The first-order valence-electron chi connectivity index (χ1n) is 7.31. The number of aromatic nitrogens is 2. The van der Waals surface area contributed by atoms with Gasteiger partial charge in [-0.2, -0.15) is 0 Å². The van der Waals surface area contributed by atoms with Crippen molar-refractivity contribution in [3.63, 3.8) is 0 Å². The average molecular weight is 288 g/mol. The summed E-state index contributed by atoms with van der Waals surface area (Å²) in [7, 11) is 0. The largest absolute Gasteiger partial charge is 0.368 e. The van der Waals surface area contributed by atoms with E-state index in [0.29, 0.717) is 5.02 Å². The SMILES string of the molecule is C=C(c1nc2c(Cl)cccc2[nH]1)N1CC2CCCC2C1. The third kappa shape index (κ3) is 1.84. The van der Waals surface area contributed by atoms with E-state index in [0.717, 1.165) is 47.5 Å². The lowest BCUT2D eigenvalue weighted by atomic mass is 10.0. The van der Waals surface area contributed by atoms with Gasteiger partial charge >= 0.3 is 0 Å². The van der Waals surface area contributed by atoms with Crippen molar-refractivity contribution < 1.29 is 0 Å². The number of likely N-dealkylation sites (tertiary alicyclic amines) is 1. The molecule has 1 N–H and O–H groups in total. The van der Waals surface area contributed by atoms with Crippen molar-refractivity contribution in [2.45, 2.75) is 19.3 Å². The van der Waals surface area contributed by atoms with Gasteiger partial charge in [-0.3, -0.25) is 0 Å². The summed E-state index contributed by atoms with van der Waals surface area (Å²) >= 11 is 6.19. The Morgan fingerprint density at radius 1 is 1.30 bits per heavy atom. The van der Waals surface area contributed by atoms with Crippen LogP contribution < -0.4 is 0 Å². The molecule has 4 heteroatoms. The van der Waals surface area contributed by atoms with Gasteiger partial charge in [0.15, 0.2) is 5.82 Å². The number of fused-ring (bicyclic) bond motifs is 2. The predicted molar refractivity (Wildman–Crippen MR) is 82.5 cm³/mol. The lowest BCUT2D eigenvalue weighted by Crippen LogP contribution is -2.20. The molecule has 2 heterocycles. The molecule has 4 rings (SSSR count). The molecule has 2 unspecified atom stereocenters. The van der Waals surface area contributed by atoms with Gasteiger partial charge in [0, 0.05) is 13.1 Å². The second kappa shape index (κ2) is 4.52. The normalized spacial score (nSPS) is 25.4. The number of rotatable bonds is 2. The van der Waals surface area contributed by atoms with Gasteiger partial charge in [0.1, 0.15) is 5.52 Å². The number of nitrogens with zero attached hydrogens (tertiary/aromatic N) is 2. The van der Waals surface area contributed by atoms with E-state index in [2.05, 4.69) is 21.4 Å². The van der Waals surface area contributed by atoms with E-state index in [9.17, 15) is 0 Å². The molecule has 0 spiro atoms. The molecule has 1 aromatic carbocycles. The highest BCUT2D eigenvalue weighted by Gasteiger charge is 2.37. The van der Waals surface area contributed by atoms with E-state index in [1.807, 2.05) is 18.2 Å². The summed E-state index contributed by atoms with van der Waals surface area (Å²) in [5.74, 6) is 2.58. The minimum absolute atomic E-state index is 0.691. The second-order valence-electron chi connectivity index (χ2n) is 6.02. The molecule has 2 atom stereocenters. The lowest BCUT2D eigenvalue weighted by Gasteiger charge is -2.20. The van der Waals surface area contributed by atoms with Crippen LogP contribution in [0.3, 0.4) is 0 Å². The molecule has 1 saturated heterocycles. The van der Waals surface area contributed by atoms with Gasteiger partial charge in [0.05, 0.1) is 16.2 Å². The quantitative estimate of drug-likeness (QED) is 0.908. The molecule has 0 bridgehead atoms. The van der Waals surface area contributed by atoms with Crippen molar-refractivity contribution in [3.05, 3.63) is 35.6 Å². The Kier molecular flexibility index (Phi) is 2.77. The molecule has 0 amide bonds. The molecule has 20 heavy (non-hydrogen) atoms. The zero-order valence-electron chi connectivity index (χ0n) is 11.4. The number of aromatic amines is 1. The van der Waals surface area contributed by atoms with Crippen LogP contribution in [0, 0.1) is 11.8 Å². The number of hydrogen-bond acceptors (Lipinski definition) is 2. The third-order valence-corrected chi connectivity index (χ3v) is 5.15. The van der Waals surface area contributed by atoms with Crippen molar-refractivity contribution in [2.24, 2.45) is 11.8 Å². The molecule has 2 aliphatic rings. The molecule has 1 aliphatic carbocycles. The highest BCUT2D eigenvalue weighted by Crippen LogP contribution is 2.40. The second-order valence-corrected chi connectivity index (χ2v) is 6.43. The summed E-state index contributed by atoms with van der Waals surface area (Å²) in [4.78, 5) is 10.4. The van der Waals surface area contributed by atoms with Gasteiger partial charge in [-0.15, -0.1) is 0 Å². The molecule has 1 aromatic heterocycles. The van der Waals surface area contributed by atoms with Crippen LogP contribution in [-0.2, 0) is 0 Å². The maximum absolute atomic E-state index is 6.19. The predicted octanol–water partition coefficient (Wildman–Crippen LogP) is 3.92. The van der Waals surface area contributed by atoms with Crippen molar-refractivity contribution in [1.82, 2.24) is 14.9 Å². The van der Waals surface area contributed by atoms with E-state index in [1.165, 1.54) is 19.3 Å². The smallest absolute Gasteiger partial charge is 0.154 e. The number of H-pyrrole nitrogens is 1. The van der Waals surface area contributed by atoms with Gasteiger partial charge in [-0.1, -0.05) is 30.7 Å². The maximum atomic E-state index is 6.19. The van der Waals surface area contributed by atoms with Crippen LogP contribution in [0.4, 0.5) is 0 Å². The van der Waals surface area contributed by atoms with Crippen LogP contribution in [0.15, 0.2) is 24.8 Å². The first kappa shape index (κ1) is 12.3. The van der Waals surface area contributed by atoms with Gasteiger partial charge in [-0.25, -0.2) is 4.98 Å². The van der Waals surface area contributed by atoms with E-state index in [4.69, 9.17) is 11.6 Å². The lowest BCUT2D eigenvalue weighted by molar-refractivity contribution is 0.441. The Hall–Kier alpha value is -1.48. The summed E-state index contributed by atoms with van der Waals surface area (Å²) < 4.78 is 0. The highest BCUT2D eigenvalue weighted by atomic mass is 35.5. The number of benzene rings is 1. The molecule has 104 valence electrons. The Bertz CT molecular complexity index is 663. The summed E-state index contributed by atoms with van der Waals surface area (Å²) in [6.45, 7) is 6.51. The number of nitrogens with one attached hydrogen (secondary N) is 1. The van der Waals surface area contributed by atoms with Crippen molar-refractivity contribution in [2.75, 3.05) is 13.1 Å². The molecule has 3 nitrogen and oxygen atoms in total. The van der Waals surface area contributed by atoms with E-state index in [-0.39, 0.29) is 0 Å². The fraction of sp³-hybridized carbons (Fsp3) is 0.438. The van der Waals surface area contributed by atoms with Crippen LogP contribution in [0.25, 0.3) is 16.7 Å². The van der Waals surface area contributed by atoms with E-state index in [1.54, 1.807) is 0 Å². The first-order chi connectivity index (χ1) is 9.72. The van der Waals surface area contributed by atoms with Crippen LogP contribution >= 0.6 is 11.6 Å². The minimum atomic E-state index is 0.691. The van der Waals surface area contributed by atoms with Crippen LogP contribution in [0.1, 0.15) is 25.1 Å². The molecule has 1 saturated carbocycles. The molecule has 1 aliphatic heterocycles. The standard InChI is InChI=1S/C16H18ClN3/c1-10(20-8-11-4-2-5-12(11)9-20)16-18-14-7-3-6-13(17)15(14)19-16/h3,6-7,11-12H,1-2,4-5,8-9H2,(H,18,19). The maximum Gasteiger partial charge on any atom is 0.154 e. The molecule has 2 aromatic rings. The molecular weight excluding hydrogens is 270 g/mol. The zero-order valence-corrected chi connectivity index (χ0v) is 12.2. The third-order valence-electron chi connectivity index (χ3n) is 4.84. The van der Waals surface area contributed by atoms with Gasteiger partial charge in [0.25, 0.3) is 0 Å². The topological polar surface area (TPSA) is 31.9 Å². The van der Waals surface area contributed by atoms with Gasteiger partial charge in [-0.05, 0) is 36.8 Å². The van der Waals surface area contributed by atoms with Crippen molar-refractivity contribution >= 4 is 28.3 Å². The van der Waals surface area contributed by atoms with Gasteiger partial charge < -0.3 is 9.88 Å². The van der Waals surface area contributed by atoms with Crippen LogP contribution in [0.2, 0.25) is 5.02 Å². The Morgan fingerprint density at radius 2 is 2.05 bits per heavy atom. The summed E-state index contributed by atoms with van der Waals surface area (Å²) in [5, 5.41) is 0.691. The average Bonchev–Trinajstić information content (AvgIpc) is 3.11. The molecule has 2 fully saturated rings. The fourth-order valence-electron chi connectivity index (χ4n) is 3.74. The van der Waals surface area contributed by atoms with E-state index < -0.39 is 0 Å². The van der Waals surface area contributed by atoms with Crippen LogP contribution in [0.5, 0.6) is 0 Å². The highest BCUT2D eigenvalue weighted by molar-refractivity contribution is 6.34. The summed E-state index contributed by atoms with van der Waals surface area (Å²) in [6, 6.07) is 5.82. The monoisotopic (exact) mass is 287 g/mol. The van der Waals surface area contributed by atoms with Gasteiger partial charge in [0.2, 0.25) is 0 Å². The number of para-hydroxylation sites is 1. The number of imidazole rings is 1. The fourth-order valence-corrected chi connectivity index (χ4v) is 3.96. The zero-order chi connectivity index (χ0) is 13.7. The minimum Gasteiger partial charge on any atom is -0.368 e. The number of hydrogen-bond donors (Lipinski definition) is 1. The Balaban J connectivity index is 1.63. The molecular formula is C16H18ClN3.